The molecule has 0 saturated carbocycles. The summed E-state index contributed by atoms with van der Waals surface area (Å²) in [7, 11) is 0. The van der Waals surface area contributed by atoms with Gasteiger partial charge in [0, 0.05) is 25.1 Å². The van der Waals surface area contributed by atoms with Crippen LogP contribution in [0.15, 0.2) is 54.6 Å². The molecule has 0 aliphatic heterocycles. The largest absolute Gasteiger partial charge is 0.354 e. The topological polar surface area (TPSA) is 58.2 Å². The number of hydrogen-bond acceptors (Lipinski definition) is 2. The van der Waals surface area contributed by atoms with E-state index in [1.807, 2.05) is 30.3 Å². The van der Waals surface area contributed by atoms with Gasteiger partial charge >= 0.3 is 0 Å². The maximum absolute atomic E-state index is 12.8. The molecule has 0 unspecified atom stereocenters. The zero-order chi connectivity index (χ0) is 16.5. The molecule has 0 bridgehead atoms. The Kier molecular flexibility index (Phi) is 6.29. The number of amides is 2. The molecule has 0 aliphatic carbocycles. The molecule has 0 radical (unpaired) electrons. The molecule has 0 aromatic heterocycles. The molecule has 2 amide bonds. The first-order valence-electron chi connectivity index (χ1n) is 7.49. The fourth-order valence-electron chi connectivity index (χ4n) is 2.07. The van der Waals surface area contributed by atoms with Crippen molar-refractivity contribution in [3.05, 3.63) is 71.5 Å². The van der Waals surface area contributed by atoms with Crippen LogP contribution in [0.1, 0.15) is 22.3 Å². The number of carbonyl (C=O) groups excluding carboxylic acids is 2. The maximum atomic E-state index is 12.8. The normalized spacial score (nSPS) is 10.1. The van der Waals surface area contributed by atoms with Gasteiger partial charge in [-0.1, -0.05) is 30.3 Å². The van der Waals surface area contributed by atoms with Gasteiger partial charge in [0.15, 0.2) is 0 Å². The molecule has 120 valence electrons. The van der Waals surface area contributed by atoms with Crippen molar-refractivity contribution in [2.45, 2.75) is 12.8 Å². The molecule has 23 heavy (non-hydrogen) atoms. The lowest BCUT2D eigenvalue weighted by atomic mass is 10.1. The van der Waals surface area contributed by atoms with Gasteiger partial charge in [-0.2, -0.15) is 0 Å². The van der Waals surface area contributed by atoms with Crippen molar-refractivity contribution in [2.75, 3.05) is 13.1 Å². The predicted molar refractivity (Wildman–Crippen MR) is 86.5 cm³/mol. The summed E-state index contributed by atoms with van der Waals surface area (Å²) >= 11 is 0. The smallest absolute Gasteiger partial charge is 0.251 e. The number of carbonyl (C=O) groups is 2. The van der Waals surface area contributed by atoms with E-state index in [-0.39, 0.29) is 17.6 Å². The van der Waals surface area contributed by atoms with Crippen LogP contribution >= 0.6 is 0 Å². The summed E-state index contributed by atoms with van der Waals surface area (Å²) in [6, 6.07) is 15.1. The SMILES string of the molecule is O=C(CCc1ccccc1)NCCNC(=O)c1ccc(F)cc1. The van der Waals surface area contributed by atoms with E-state index in [1.54, 1.807) is 0 Å². The number of nitrogens with one attached hydrogen (secondary N) is 2. The summed E-state index contributed by atoms with van der Waals surface area (Å²) in [6.45, 7) is 0.688. The standard InChI is InChI=1S/C18H19FN2O2/c19-16-9-7-15(8-10-16)18(23)21-13-12-20-17(22)11-6-14-4-2-1-3-5-14/h1-5,7-10H,6,11-13H2,(H,20,22)(H,21,23). The summed E-state index contributed by atoms with van der Waals surface area (Å²) in [6.07, 6.45) is 1.10. The van der Waals surface area contributed by atoms with Crippen molar-refractivity contribution >= 4 is 11.8 Å². The van der Waals surface area contributed by atoms with E-state index in [9.17, 15) is 14.0 Å². The Bertz CT molecular complexity index is 642. The van der Waals surface area contributed by atoms with Crippen LogP contribution < -0.4 is 10.6 Å². The van der Waals surface area contributed by atoms with Crippen molar-refractivity contribution in [2.24, 2.45) is 0 Å². The van der Waals surface area contributed by atoms with Gasteiger partial charge in [-0.25, -0.2) is 4.39 Å². The zero-order valence-electron chi connectivity index (χ0n) is 12.7. The Morgan fingerprint density at radius 2 is 1.52 bits per heavy atom. The van der Waals surface area contributed by atoms with Gasteiger partial charge in [0.1, 0.15) is 5.82 Å². The Labute approximate surface area is 134 Å². The average Bonchev–Trinajstić information content (AvgIpc) is 2.58. The van der Waals surface area contributed by atoms with Crippen molar-refractivity contribution in [1.82, 2.24) is 10.6 Å². The van der Waals surface area contributed by atoms with Crippen molar-refractivity contribution in [3.8, 4) is 0 Å². The summed E-state index contributed by atoms with van der Waals surface area (Å²) in [5.41, 5.74) is 1.51. The minimum Gasteiger partial charge on any atom is -0.354 e. The van der Waals surface area contributed by atoms with Crippen LogP contribution in [0.5, 0.6) is 0 Å². The lowest BCUT2D eigenvalue weighted by molar-refractivity contribution is -0.121. The monoisotopic (exact) mass is 314 g/mol. The maximum Gasteiger partial charge on any atom is 0.251 e. The van der Waals surface area contributed by atoms with Crippen molar-refractivity contribution in [3.63, 3.8) is 0 Å². The second-order valence-corrected chi connectivity index (χ2v) is 5.10. The van der Waals surface area contributed by atoms with E-state index in [2.05, 4.69) is 10.6 Å². The van der Waals surface area contributed by atoms with Crippen LogP contribution in [0.25, 0.3) is 0 Å². The van der Waals surface area contributed by atoms with Gasteiger partial charge in [-0.15, -0.1) is 0 Å². The fraction of sp³-hybridized carbons (Fsp3) is 0.222. The highest BCUT2D eigenvalue weighted by molar-refractivity contribution is 5.94. The lowest BCUT2D eigenvalue weighted by Crippen LogP contribution is -2.34. The molecule has 0 aliphatic rings. The highest BCUT2D eigenvalue weighted by Gasteiger charge is 2.05. The molecule has 0 spiro atoms. The van der Waals surface area contributed by atoms with Crippen LogP contribution in [-0.2, 0) is 11.2 Å². The molecule has 2 aromatic carbocycles. The minimum atomic E-state index is -0.382. The lowest BCUT2D eigenvalue weighted by Gasteiger charge is -2.07. The zero-order valence-corrected chi connectivity index (χ0v) is 12.7. The van der Waals surface area contributed by atoms with E-state index in [1.165, 1.54) is 24.3 Å². The van der Waals surface area contributed by atoms with E-state index >= 15 is 0 Å². The van der Waals surface area contributed by atoms with Gasteiger partial charge in [0.25, 0.3) is 5.91 Å². The predicted octanol–water partition coefficient (Wildman–Crippen LogP) is 2.30. The van der Waals surface area contributed by atoms with Crippen LogP contribution in [0.2, 0.25) is 0 Å². The quantitative estimate of drug-likeness (QED) is 0.771. The van der Waals surface area contributed by atoms with Gasteiger partial charge in [0.05, 0.1) is 0 Å². The van der Waals surface area contributed by atoms with Gasteiger partial charge in [0.2, 0.25) is 5.91 Å². The second kappa shape index (κ2) is 8.68. The van der Waals surface area contributed by atoms with E-state index in [4.69, 9.17) is 0 Å². The molecule has 0 atom stereocenters. The molecular weight excluding hydrogens is 295 g/mol. The summed E-state index contributed by atoms with van der Waals surface area (Å²) < 4.78 is 12.8. The molecule has 0 saturated heterocycles. The molecule has 0 fully saturated rings. The van der Waals surface area contributed by atoms with Crippen molar-refractivity contribution in [1.29, 1.82) is 0 Å². The van der Waals surface area contributed by atoms with E-state index < -0.39 is 0 Å². The fourth-order valence-corrected chi connectivity index (χ4v) is 2.07. The Morgan fingerprint density at radius 3 is 2.22 bits per heavy atom. The second-order valence-electron chi connectivity index (χ2n) is 5.10. The molecule has 5 heteroatoms. The Hall–Kier alpha value is -2.69. The van der Waals surface area contributed by atoms with E-state index in [0.717, 1.165) is 5.56 Å². The number of aryl methyl sites for hydroxylation is 1. The first kappa shape index (κ1) is 16.7. The highest BCUT2D eigenvalue weighted by Crippen LogP contribution is 2.03. The molecular formula is C18H19FN2O2. The summed E-state index contributed by atoms with van der Waals surface area (Å²) in [4.78, 5) is 23.5. The summed E-state index contributed by atoms with van der Waals surface area (Å²) in [5.74, 6) is -0.722. The Balaban J connectivity index is 1.62. The van der Waals surface area contributed by atoms with E-state index in [0.29, 0.717) is 31.5 Å². The first-order valence-corrected chi connectivity index (χ1v) is 7.49. The van der Waals surface area contributed by atoms with Crippen LogP contribution in [0, 0.1) is 5.82 Å². The van der Waals surface area contributed by atoms with Crippen LogP contribution in [0.4, 0.5) is 4.39 Å². The molecule has 0 heterocycles. The molecule has 2 N–H and O–H groups in total. The first-order chi connectivity index (χ1) is 11.1. The van der Waals surface area contributed by atoms with Gasteiger partial charge in [-0.3, -0.25) is 9.59 Å². The summed E-state index contributed by atoms with van der Waals surface area (Å²) in [5, 5.41) is 5.43. The van der Waals surface area contributed by atoms with Gasteiger partial charge in [-0.05, 0) is 36.2 Å². The van der Waals surface area contributed by atoms with Gasteiger partial charge < -0.3 is 10.6 Å². The average molecular weight is 314 g/mol. The van der Waals surface area contributed by atoms with Crippen LogP contribution in [0.3, 0.4) is 0 Å². The highest BCUT2D eigenvalue weighted by atomic mass is 19.1. The number of rotatable bonds is 7. The number of hydrogen-bond donors (Lipinski definition) is 2. The molecule has 2 aromatic rings. The van der Waals surface area contributed by atoms with Crippen LogP contribution in [-0.4, -0.2) is 24.9 Å². The third-order valence-electron chi connectivity index (χ3n) is 3.32. The van der Waals surface area contributed by atoms with Crippen molar-refractivity contribution < 1.29 is 14.0 Å². The minimum absolute atomic E-state index is 0.0510. The number of benzene rings is 2. The molecule has 2 rings (SSSR count). The number of halogens is 1. The molecule has 4 nitrogen and oxygen atoms in total. The third-order valence-corrected chi connectivity index (χ3v) is 3.32. The Morgan fingerprint density at radius 1 is 0.870 bits per heavy atom. The third kappa shape index (κ3) is 5.90.